The summed E-state index contributed by atoms with van der Waals surface area (Å²) in [5, 5.41) is 5.48. The minimum Gasteiger partial charge on any atom is -0.310 e. The minimum absolute atomic E-state index is 0.131. The molecule has 21 heavy (non-hydrogen) atoms. The summed E-state index contributed by atoms with van der Waals surface area (Å²) in [6.45, 7) is 2.85. The maximum Gasteiger partial charge on any atom is 0.126 e. The zero-order valence-corrected chi connectivity index (χ0v) is 12.7. The van der Waals surface area contributed by atoms with Crippen molar-refractivity contribution in [2.75, 3.05) is 6.54 Å². The van der Waals surface area contributed by atoms with Crippen molar-refractivity contribution < 1.29 is 4.39 Å². The Hall–Kier alpha value is -1.78. The second-order valence-corrected chi connectivity index (χ2v) is 6.04. The van der Waals surface area contributed by atoms with Gasteiger partial charge in [0.05, 0.1) is 10.2 Å². The van der Waals surface area contributed by atoms with Gasteiger partial charge in [-0.25, -0.2) is 4.39 Å². The summed E-state index contributed by atoms with van der Waals surface area (Å²) in [5.41, 5.74) is 2.96. The minimum atomic E-state index is -0.131. The molecular formula is C17H17FN2S. The molecule has 2 heterocycles. The van der Waals surface area contributed by atoms with Crippen LogP contribution in [0.4, 0.5) is 4.39 Å². The molecule has 0 bridgehead atoms. The highest BCUT2D eigenvalue weighted by atomic mass is 32.1. The molecule has 1 aromatic carbocycles. The van der Waals surface area contributed by atoms with Crippen LogP contribution in [0.15, 0.2) is 48.0 Å². The summed E-state index contributed by atoms with van der Waals surface area (Å²) in [5.74, 6) is -0.131. The van der Waals surface area contributed by atoms with Crippen LogP contribution in [0.3, 0.4) is 0 Å². The first-order valence-corrected chi connectivity index (χ1v) is 7.92. The monoisotopic (exact) mass is 300 g/mol. The van der Waals surface area contributed by atoms with E-state index >= 15 is 0 Å². The average molecular weight is 300 g/mol. The fourth-order valence-electron chi connectivity index (χ4n) is 2.34. The lowest BCUT2D eigenvalue weighted by molar-refractivity contribution is 0.559. The third kappa shape index (κ3) is 3.28. The molecule has 0 radical (unpaired) electrons. The van der Waals surface area contributed by atoms with E-state index in [9.17, 15) is 4.39 Å². The predicted molar refractivity (Wildman–Crippen MR) is 86.1 cm³/mol. The van der Waals surface area contributed by atoms with Crippen LogP contribution in [0, 0.1) is 5.82 Å². The highest BCUT2D eigenvalue weighted by molar-refractivity contribution is 7.17. The highest BCUT2D eigenvalue weighted by Crippen LogP contribution is 2.22. The van der Waals surface area contributed by atoms with Crippen LogP contribution in [0.1, 0.15) is 24.1 Å². The number of hydrogen-bond acceptors (Lipinski definition) is 3. The van der Waals surface area contributed by atoms with Crippen molar-refractivity contribution in [1.29, 1.82) is 0 Å². The molecule has 0 aliphatic carbocycles. The Morgan fingerprint density at radius 2 is 2.14 bits per heavy atom. The van der Waals surface area contributed by atoms with Gasteiger partial charge in [0.2, 0.25) is 0 Å². The van der Waals surface area contributed by atoms with Crippen LogP contribution in [-0.4, -0.2) is 11.5 Å². The van der Waals surface area contributed by atoms with Gasteiger partial charge < -0.3 is 5.32 Å². The first-order chi connectivity index (χ1) is 10.2. The van der Waals surface area contributed by atoms with Crippen molar-refractivity contribution in [1.82, 2.24) is 10.3 Å². The van der Waals surface area contributed by atoms with Gasteiger partial charge in [0.1, 0.15) is 5.82 Å². The molecule has 0 saturated heterocycles. The van der Waals surface area contributed by atoms with Crippen molar-refractivity contribution in [3.63, 3.8) is 0 Å². The fraction of sp³-hybridized carbons (Fsp3) is 0.235. The van der Waals surface area contributed by atoms with Gasteiger partial charge in [-0.1, -0.05) is 18.2 Å². The summed E-state index contributed by atoms with van der Waals surface area (Å²) in [6.07, 6.45) is 2.60. The van der Waals surface area contributed by atoms with E-state index < -0.39 is 0 Å². The van der Waals surface area contributed by atoms with E-state index in [2.05, 4.69) is 28.7 Å². The molecule has 3 aromatic rings. The lowest BCUT2D eigenvalue weighted by Gasteiger charge is -2.14. The summed E-state index contributed by atoms with van der Waals surface area (Å²) in [7, 11) is 0. The smallest absolute Gasteiger partial charge is 0.126 e. The number of aromatic nitrogens is 1. The quantitative estimate of drug-likeness (QED) is 0.758. The fourth-order valence-corrected chi connectivity index (χ4v) is 3.13. The molecule has 108 valence electrons. The zero-order valence-electron chi connectivity index (χ0n) is 11.8. The molecule has 0 aliphatic rings. The molecule has 1 atom stereocenters. The summed E-state index contributed by atoms with van der Waals surface area (Å²) in [6, 6.07) is 11.3. The van der Waals surface area contributed by atoms with Gasteiger partial charge in [-0.2, -0.15) is 0 Å². The lowest BCUT2D eigenvalue weighted by atomic mass is 10.1. The van der Waals surface area contributed by atoms with Gasteiger partial charge in [0.25, 0.3) is 0 Å². The van der Waals surface area contributed by atoms with Crippen LogP contribution in [-0.2, 0) is 6.42 Å². The second kappa shape index (κ2) is 6.33. The predicted octanol–water partition coefficient (Wildman–Crippen LogP) is 4.33. The molecule has 1 unspecified atom stereocenters. The SMILES string of the molecule is CC(NCCc1ccccc1F)c1cnc2ccsc2c1. The van der Waals surface area contributed by atoms with Gasteiger partial charge in [-0.3, -0.25) is 4.98 Å². The van der Waals surface area contributed by atoms with Gasteiger partial charge in [0, 0.05) is 12.2 Å². The topological polar surface area (TPSA) is 24.9 Å². The van der Waals surface area contributed by atoms with Crippen molar-refractivity contribution in [2.45, 2.75) is 19.4 Å². The number of benzene rings is 1. The number of rotatable bonds is 5. The van der Waals surface area contributed by atoms with Crippen LogP contribution >= 0.6 is 11.3 Å². The van der Waals surface area contributed by atoms with E-state index in [1.54, 1.807) is 17.4 Å². The standard InChI is InChI=1S/C17H17FN2S/c1-12(14-10-17-16(20-11-14)7-9-21-17)19-8-6-13-4-2-3-5-15(13)18/h2-5,7,9-12,19H,6,8H2,1H3. The lowest BCUT2D eigenvalue weighted by Crippen LogP contribution is -2.21. The van der Waals surface area contributed by atoms with Gasteiger partial charge in [-0.05, 0) is 54.6 Å². The largest absolute Gasteiger partial charge is 0.310 e. The Kier molecular flexibility index (Phi) is 4.27. The Balaban J connectivity index is 1.61. The van der Waals surface area contributed by atoms with E-state index in [0.717, 1.165) is 17.6 Å². The van der Waals surface area contributed by atoms with Gasteiger partial charge >= 0.3 is 0 Å². The van der Waals surface area contributed by atoms with Crippen LogP contribution in [0.2, 0.25) is 0 Å². The van der Waals surface area contributed by atoms with Crippen LogP contribution in [0.25, 0.3) is 10.2 Å². The number of nitrogens with zero attached hydrogens (tertiary/aromatic N) is 1. The van der Waals surface area contributed by atoms with Crippen LogP contribution in [0.5, 0.6) is 0 Å². The first-order valence-electron chi connectivity index (χ1n) is 7.04. The third-order valence-electron chi connectivity index (χ3n) is 3.63. The zero-order chi connectivity index (χ0) is 14.7. The van der Waals surface area contributed by atoms with Crippen LogP contribution < -0.4 is 5.32 Å². The molecule has 4 heteroatoms. The van der Waals surface area contributed by atoms with Crippen molar-refractivity contribution >= 4 is 21.6 Å². The number of thiophene rings is 1. The number of pyridine rings is 1. The summed E-state index contributed by atoms with van der Waals surface area (Å²) >= 11 is 1.70. The average Bonchev–Trinajstić information content (AvgIpc) is 2.96. The van der Waals surface area contributed by atoms with E-state index in [0.29, 0.717) is 6.42 Å². The molecule has 0 fully saturated rings. The van der Waals surface area contributed by atoms with Gasteiger partial charge in [0.15, 0.2) is 0 Å². The molecule has 0 amide bonds. The molecule has 0 saturated carbocycles. The summed E-state index contributed by atoms with van der Waals surface area (Å²) < 4.78 is 14.7. The van der Waals surface area contributed by atoms with E-state index in [1.165, 1.54) is 16.3 Å². The molecule has 2 aromatic heterocycles. The number of nitrogens with one attached hydrogen (secondary N) is 1. The molecule has 3 rings (SSSR count). The summed E-state index contributed by atoms with van der Waals surface area (Å²) in [4.78, 5) is 4.45. The Morgan fingerprint density at radius 1 is 1.29 bits per heavy atom. The van der Waals surface area contributed by atoms with Crippen molar-refractivity contribution in [2.24, 2.45) is 0 Å². The van der Waals surface area contributed by atoms with E-state index in [-0.39, 0.29) is 11.9 Å². The molecule has 0 aliphatic heterocycles. The second-order valence-electron chi connectivity index (χ2n) is 5.09. The van der Waals surface area contributed by atoms with Crippen molar-refractivity contribution in [3.05, 3.63) is 64.9 Å². The van der Waals surface area contributed by atoms with E-state index in [4.69, 9.17) is 0 Å². The number of fused-ring (bicyclic) bond motifs is 1. The third-order valence-corrected chi connectivity index (χ3v) is 4.48. The Bertz CT molecular complexity index is 738. The number of hydrogen-bond donors (Lipinski definition) is 1. The Morgan fingerprint density at radius 3 is 3.00 bits per heavy atom. The molecule has 1 N–H and O–H groups in total. The highest BCUT2D eigenvalue weighted by Gasteiger charge is 2.08. The van der Waals surface area contributed by atoms with Crippen molar-refractivity contribution in [3.8, 4) is 0 Å². The molecular weight excluding hydrogens is 283 g/mol. The van der Waals surface area contributed by atoms with Gasteiger partial charge in [-0.15, -0.1) is 11.3 Å². The molecule has 0 spiro atoms. The van der Waals surface area contributed by atoms with E-state index in [1.807, 2.05) is 24.4 Å². The maximum atomic E-state index is 13.5. The Labute approximate surface area is 127 Å². The molecule has 2 nitrogen and oxygen atoms in total. The maximum absolute atomic E-state index is 13.5. The normalized spacial score (nSPS) is 12.7. The number of halogens is 1. The first kappa shape index (κ1) is 14.2.